The highest BCUT2D eigenvalue weighted by molar-refractivity contribution is 7.92. The number of anilines is 1. The molecule has 0 unspecified atom stereocenters. The van der Waals surface area contributed by atoms with Crippen LogP contribution in [-0.4, -0.2) is 29.7 Å². The zero-order valence-corrected chi connectivity index (χ0v) is 15.3. The molecule has 0 radical (unpaired) electrons. The van der Waals surface area contributed by atoms with Crippen molar-refractivity contribution in [1.82, 2.24) is 0 Å². The number of rotatable bonds is 6. The third kappa shape index (κ3) is 3.37. The number of hydrogen-bond acceptors (Lipinski definition) is 5. The Balaban J connectivity index is 2.01. The fourth-order valence-electron chi connectivity index (χ4n) is 3.01. The molecule has 0 spiro atoms. The van der Waals surface area contributed by atoms with E-state index in [0.717, 1.165) is 24.8 Å². The monoisotopic (exact) mass is 363 g/mol. The Morgan fingerprint density at radius 2 is 1.52 bits per heavy atom. The van der Waals surface area contributed by atoms with Gasteiger partial charge in [0, 0.05) is 12.1 Å². The molecule has 3 rings (SSSR count). The fourth-order valence-corrected chi connectivity index (χ4v) is 4.15. The summed E-state index contributed by atoms with van der Waals surface area (Å²) in [4.78, 5) is 0.230. The van der Waals surface area contributed by atoms with Gasteiger partial charge in [0.1, 0.15) is 22.9 Å². The number of nitrogens with one attached hydrogen (secondary N) is 1. The first kappa shape index (κ1) is 17.4. The summed E-state index contributed by atoms with van der Waals surface area (Å²) in [5.74, 6) is 1.15. The minimum absolute atomic E-state index is 0.230. The van der Waals surface area contributed by atoms with E-state index in [1.165, 1.54) is 26.9 Å². The van der Waals surface area contributed by atoms with Gasteiger partial charge in [-0.25, -0.2) is 8.42 Å². The Morgan fingerprint density at radius 1 is 0.880 bits per heavy atom. The molecule has 134 valence electrons. The minimum atomic E-state index is -3.77. The van der Waals surface area contributed by atoms with Gasteiger partial charge in [-0.05, 0) is 42.5 Å². The lowest BCUT2D eigenvalue weighted by atomic mass is 10.1. The Hall–Kier alpha value is -2.41. The summed E-state index contributed by atoms with van der Waals surface area (Å²) in [6.07, 6.45) is 2.98. The molecular formula is C18H21NO5S. The van der Waals surface area contributed by atoms with Gasteiger partial charge >= 0.3 is 0 Å². The predicted octanol–water partition coefficient (Wildman–Crippen LogP) is 3.00. The highest BCUT2D eigenvalue weighted by Gasteiger charge is 2.23. The van der Waals surface area contributed by atoms with E-state index in [1.807, 2.05) is 6.07 Å². The van der Waals surface area contributed by atoms with Crippen molar-refractivity contribution >= 4 is 15.7 Å². The van der Waals surface area contributed by atoms with Gasteiger partial charge in [-0.3, -0.25) is 4.72 Å². The fraction of sp³-hybridized carbons (Fsp3) is 0.333. The van der Waals surface area contributed by atoms with Crippen molar-refractivity contribution in [1.29, 1.82) is 0 Å². The van der Waals surface area contributed by atoms with Gasteiger partial charge in [-0.1, -0.05) is 6.07 Å². The van der Waals surface area contributed by atoms with Crippen molar-refractivity contribution in [2.45, 2.75) is 24.2 Å². The first-order chi connectivity index (χ1) is 12.0. The molecule has 0 heterocycles. The van der Waals surface area contributed by atoms with Crippen LogP contribution in [0.4, 0.5) is 5.69 Å². The zero-order chi connectivity index (χ0) is 18.0. The molecule has 0 aliphatic heterocycles. The molecule has 0 saturated heterocycles. The Bertz CT molecular complexity index is 867. The first-order valence-electron chi connectivity index (χ1n) is 7.93. The highest BCUT2D eigenvalue weighted by atomic mass is 32.2. The van der Waals surface area contributed by atoms with Crippen LogP contribution in [0.2, 0.25) is 0 Å². The van der Waals surface area contributed by atoms with Gasteiger partial charge in [-0.2, -0.15) is 0 Å². The van der Waals surface area contributed by atoms with Crippen LogP contribution in [0.15, 0.2) is 35.2 Å². The van der Waals surface area contributed by atoms with Crippen LogP contribution in [0.5, 0.6) is 17.2 Å². The molecule has 0 bridgehead atoms. The van der Waals surface area contributed by atoms with Crippen molar-refractivity contribution < 1.29 is 22.6 Å². The number of hydrogen-bond donors (Lipinski definition) is 1. The van der Waals surface area contributed by atoms with Gasteiger partial charge in [0.25, 0.3) is 10.0 Å². The molecule has 2 aromatic rings. The van der Waals surface area contributed by atoms with E-state index in [0.29, 0.717) is 17.2 Å². The topological polar surface area (TPSA) is 73.9 Å². The van der Waals surface area contributed by atoms with E-state index in [9.17, 15) is 8.42 Å². The number of aryl methyl sites for hydroxylation is 2. The van der Waals surface area contributed by atoms with E-state index in [4.69, 9.17) is 14.2 Å². The van der Waals surface area contributed by atoms with E-state index >= 15 is 0 Å². The molecule has 0 saturated carbocycles. The first-order valence-corrected chi connectivity index (χ1v) is 9.41. The lowest BCUT2D eigenvalue weighted by molar-refractivity contribution is 0.378. The molecule has 25 heavy (non-hydrogen) atoms. The number of fused-ring (bicyclic) bond motifs is 1. The summed E-state index contributed by atoms with van der Waals surface area (Å²) in [6, 6.07) is 8.47. The normalized spacial score (nSPS) is 13.2. The average Bonchev–Trinajstić information content (AvgIpc) is 3.09. The molecule has 7 heteroatoms. The number of methoxy groups -OCH3 is 3. The quantitative estimate of drug-likeness (QED) is 0.854. The van der Waals surface area contributed by atoms with Crippen LogP contribution in [-0.2, 0) is 22.9 Å². The zero-order valence-electron chi connectivity index (χ0n) is 14.5. The van der Waals surface area contributed by atoms with Gasteiger partial charge in [0.15, 0.2) is 0 Å². The second kappa shape index (κ2) is 6.84. The molecule has 0 atom stereocenters. The number of sulfonamides is 1. The molecule has 0 aromatic heterocycles. The molecule has 2 aromatic carbocycles. The van der Waals surface area contributed by atoms with E-state index < -0.39 is 10.0 Å². The molecule has 0 fully saturated rings. The van der Waals surface area contributed by atoms with Crippen molar-refractivity contribution in [3.05, 3.63) is 41.5 Å². The summed E-state index contributed by atoms with van der Waals surface area (Å²) >= 11 is 0. The lowest BCUT2D eigenvalue weighted by Gasteiger charge is -2.17. The minimum Gasteiger partial charge on any atom is -0.496 e. The average molecular weight is 363 g/mol. The SMILES string of the molecule is COc1cc(OC)c(NS(=O)(=O)c2ccc3c(c2)CCC3)c(OC)c1. The Kier molecular flexibility index (Phi) is 4.76. The number of ether oxygens (including phenoxy) is 3. The van der Waals surface area contributed by atoms with Crippen LogP contribution in [0, 0.1) is 0 Å². The molecule has 1 aliphatic rings. The maximum absolute atomic E-state index is 12.8. The van der Waals surface area contributed by atoms with Crippen molar-refractivity contribution in [2.75, 3.05) is 26.1 Å². The third-order valence-electron chi connectivity index (χ3n) is 4.33. The summed E-state index contributed by atoms with van der Waals surface area (Å²) in [7, 11) is 0.665. The predicted molar refractivity (Wildman–Crippen MR) is 95.4 cm³/mol. The molecule has 1 N–H and O–H groups in total. The molecular weight excluding hydrogens is 342 g/mol. The second-order valence-corrected chi connectivity index (χ2v) is 7.48. The summed E-state index contributed by atoms with van der Waals surface area (Å²) in [5, 5.41) is 0. The third-order valence-corrected chi connectivity index (χ3v) is 5.68. The van der Waals surface area contributed by atoms with Crippen LogP contribution in [0.1, 0.15) is 17.5 Å². The summed E-state index contributed by atoms with van der Waals surface area (Å²) in [5.41, 5.74) is 2.56. The van der Waals surface area contributed by atoms with Crippen LogP contribution in [0.3, 0.4) is 0 Å². The maximum Gasteiger partial charge on any atom is 0.262 e. The van der Waals surface area contributed by atoms with E-state index in [2.05, 4.69) is 4.72 Å². The summed E-state index contributed by atoms with van der Waals surface area (Å²) in [6.45, 7) is 0. The maximum atomic E-state index is 12.8. The van der Waals surface area contributed by atoms with Gasteiger partial charge < -0.3 is 14.2 Å². The smallest absolute Gasteiger partial charge is 0.262 e. The summed E-state index contributed by atoms with van der Waals surface area (Å²) < 4.78 is 44.0. The molecule has 0 amide bonds. The van der Waals surface area contributed by atoms with E-state index in [1.54, 1.807) is 24.3 Å². The lowest BCUT2D eigenvalue weighted by Crippen LogP contribution is -2.15. The van der Waals surface area contributed by atoms with Crippen LogP contribution < -0.4 is 18.9 Å². The Labute approximate surface area is 147 Å². The standard InChI is InChI=1S/C18H21NO5S/c1-22-14-10-16(23-2)18(17(11-14)24-3)19-25(20,21)15-8-7-12-5-4-6-13(12)9-15/h7-11,19H,4-6H2,1-3H3. The molecule has 1 aliphatic carbocycles. The van der Waals surface area contributed by atoms with Crippen molar-refractivity contribution in [3.63, 3.8) is 0 Å². The van der Waals surface area contributed by atoms with E-state index in [-0.39, 0.29) is 10.6 Å². The number of benzene rings is 2. The van der Waals surface area contributed by atoms with Crippen molar-refractivity contribution in [2.24, 2.45) is 0 Å². The van der Waals surface area contributed by atoms with Crippen molar-refractivity contribution in [3.8, 4) is 17.2 Å². The van der Waals surface area contributed by atoms with Gasteiger partial charge in [0.05, 0.1) is 26.2 Å². The van der Waals surface area contributed by atoms with Crippen LogP contribution >= 0.6 is 0 Å². The largest absolute Gasteiger partial charge is 0.496 e. The second-order valence-electron chi connectivity index (χ2n) is 5.80. The molecule has 6 nitrogen and oxygen atoms in total. The van der Waals surface area contributed by atoms with Gasteiger partial charge in [-0.15, -0.1) is 0 Å². The van der Waals surface area contributed by atoms with Crippen LogP contribution in [0.25, 0.3) is 0 Å². The van der Waals surface area contributed by atoms with Gasteiger partial charge in [0.2, 0.25) is 0 Å². The Morgan fingerprint density at radius 3 is 2.12 bits per heavy atom. The highest BCUT2D eigenvalue weighted by Crippen LogP contribution is 2.40.